The normalized spacial score (nSPS) is 10.2. The minimum Gasteiger partial charge on any atom is -0.355 e. The van der Waals surface area contributed by atoms with Gasteiger partial charge in [-0.3, -0.25) is 19.0 Å². The summed E-state index contributed by atoms with van der Waals surface area (Å²) in [6, 6.07) is 16.6. The van der Waals surface area contributed by atoms with Gasteiger partial charge < -0.3 is 10.6 Å². The van der Waals surface area contributed by atoms with Crippen molar-refractivity contribution in [2.75, 3.05) is 12.4 Å². The van der Waals surface area contributed by atoms with Crippen molar-refractivity contribution in [3.8, 4) is 6.07 Å². The Bertz CT molecular complexity index is 1140. The Morgan fingerprint density at radius 2 is 1.89 bits per heavy atom. The minimum absolute atomic E-state index is 0.218. The van der Waals surface area contributed by atoms with Crippen molar-refractivity contribution in [3.63, 3.8) is 0 Å². The highest BCUT2D eigenvalue weighted by molar-refractivity contribution is 6.06. The number of nitrogens with zero attached hydrogens (tertiary/aromatic N) is 2. The van der Waals surface area contributed by atoms with E-state index in [0.29, 0.717) is 22.2 Å². The molecular weight excluding hydrogens is 344 g/mol. The molecule has 3 rings (SSSR count). The van der Waals surface area contributed by atoms with E-state index in [9.17, 15) is 14.4 Å². The van der Waals surface area contributed by atoms with E-state index in [4.69, 9.17) is 5.26 Å². The Morgan fingerprint density at radius 3 is 2.63 bits per heavy atom. The molecule has 27 heavy (non-hydrogen) atoms. The van der Waals surface area contributed by atoms with Gasteiger partial charge in [0.25, 0.3) is 11.5 Å². The number of fused-ring (bicyclic) bond motifs is 1. The zero-order chi connectivity index (χ0) is 19.4. The van der Waals surface area contributed by atoms with Crippen LogP contribution in [0.15, 0.2) is 59.4 Å². The number of aromatic nitrogens is 1. The average Bonchev–Trinajstić information content (AvgIpc) is 2.69. The molecular formula is C20H16N4O3. The number of para-hydroxylation sites is 1. The molecule has 0 aliphatic heterocycles. The number of hydrogen-bond acceptors (Lipinski definition) is 4. The number of carbonyl (C=O) groups is 2. The van der Waals surface area contributed by atoms with E-state index in [1.54, 1.807) is 48.5 Å². The minimum atomic E-state index is -0.451. The summed E-state index contributed by atoms with van der Waals surface area (Å²) in [5.41, 5.74) is 1.19. The van der Waals surface area contributed by atoms with E-state index in [-0.39, 0.29) is 18.0 Å². The van der Waals surface area contributed by atoms with Crippen LogP contribution >= 0.6 is 0 Å². The first kappa shape index (κ1) is 17.9. The highest BCUT2D eigenvalue weighted by atomic mass is 16.2. The Morgan fingerprint density at radius 1 is 1.11 bits per heavy atom. The van der Waals surface area contributed by atoms with Crippen molar-refractivity contribution in [3.05, 3.63) is 76.1 Å². The van der Waals surface area contributed by atoms with Gasteiger partial charge in [0.15, 0.2) is 0 Å². The summed E-state index contributed by atoms with van der Waals surface area (Å²) in [7, 11) is 1.49. The predicted octanol–water partition coefficient (Wildman–Crippen LogP) is 1.87. The fraction of sp³-hybridized carbons (Fsp3) is 0.100. The van der Waals surface area contributed by atoms with Crippen LogP contribution in [0.4, 0.5) is 5.69 Å². The standard InChI is InChI=1S/C20H16N4O3/c1-22-20(27)16-10-19(26)24(17-8-3-2-7-15(16)17)12-18(25)23-14-6-4-5-13(9-14)11-21/h2-10H,12H2,1H3,(H,22,27)(H,23,25). The average molecular weight is 360 g/mol. The molecule has 0 spiro atoms. The van der Waals surface area contributed by atoms with Gasteiger partial charge in [-0.25, -0.2) is 0 Å². The monoisotopic (exact) mass is 360 g/mol. The quantitative estimate of drug-likeness (QED) is 0.741. The van der Waals surface area contributed by atoms with Gasteiger partial charge in [-0.05, 0) is 24.3 Å². The van der Waals surface area contributed by atoms with E-state index in [2.05, 4.69) is 10.6 Å². The Balaban J connectivity index is 1.96. The van der Waals surface area contributed by atoms with E-state index >= 15 is 0 Å². The van der Waals surface area contributed by atoms with Gasteiger partial charge in [0.05, 0.1) is 22.7 Å². The molecule has 0 bridgehead atoms. The molecule has 2 N–H and O–H groups in total. The maximum Gasteiger partial charge on any atom is 0.252 e. The third kappa shape index (κ3) is 3.70. The molecule has 0 saturated carbocycles. The van der Waals surface area contributed by atoms with Gasteiger partial charge in [0.2, 0.25) is 5.91 Å². The first-order valence-electron chi connectivity index (χ1n) is 8.18. The summed E-state index contributed by atoms with van der Waals surface area (Å²) in [6.07, 6.45) is 0. The largest absolute Gasteiger partial charge is 0.355 e. The first-order chi connectivity index (χ1) is 13.0. The Labute approximate surface area is 154 Å². The van der Waals surface area contributed by atoms with Crippen molar-refractivity contribution in [2.45, 2.75) is 6.54 Å². The van der Waals surface area contributed by atoms with Gasteiger partial charge in [-0.15, -0.1) is 0 Å². The Kier molecular flexibility index (Phi) is 4.99. The molecule has 2 aromatic carbocycles. The van der Waals surface area contributed by atoms with Crippen molar-refractivity contribution in [2.24, 2.45) is 0 Å². The third-order valence-electron chi connectivity index (χ3n) is 4.07. The molecule has 3 aromatic rings. The van der Waals surface area contributed by atoms with Gasteiger partial charge >= 0.3 is 0 Å². The molecule has 0 aliphatic carbocycles. The van der Waals surface area contributed by atoms with Gasteiger partial charge in [-0.1, -0.05) is 24.3 Å². The van der Waals surface area contributed by atoms with E-state index in [1.165, 1.54) is 17.7 Å². The molecule has 0 aliphatic rings. The number of hydrogen-bond donors (Lipinski definition) is 2. The zero-order valence-electron chi connectivity index (χ0n) is 14.5. The maximum absolute atomic E-state index is 12.5. The van der Waals surface area contributed by atoms with Crippen molar-refractivity contribution >= 4 is 28.4 Å². The van der Waals surface area contributed by atoms with Crippen molar-refractivity contribution in [1.29, 1.82) is 5.26 Å². The SMILES string of the molecule is CNC(=O)c1cc(=O)n(CC(=O)Nc2cccc(C#N)c2)c2ccccc12. The number of amides is 2. The van der Waals surface area contributed by atoms with Crippen LogP contribution < -0.4 is 16.2 Å². The summed E-state index contributed by atoms with van der Waals surface area (Å²) in [4.78, 5) is 37.0. The molecule has 134 valence electrons. The highest BCUT2D eigenvalue weighted by Crippen LogP contribution is 2.17. The smallest absolute Gasteiger partial charge is 0.252 e. The first-order valence-corrected chi connectivity index (χ1v) is 8.18. The third-order valence-corrected chi connectivity index (χ3v) is 4.07. The van der Waals surface area contributed by atoms with Crippen molar-refractivity contribution in [1.82, 2.24) is 9.88 Å². The summed E-state index contributed by atoms with van der Waals surface area (Å²) in [5.74, 6) is -0.779. The van der Waals surface area contributed by atoms with Gasteiger partial charge in [0.1, 0.15) is 6.54 Å². The summed E-state index contributed by atoms with van der Waals surface area (Å²) < 4.78 is 1.31. The molecule has 0 radical (unpaired) electrons. The lowest BCUT2D eigenvalue weighted by Crippen LogP contribution is -2.30. The topological polar surface area (TPSA) is 104 Å². The molecule has 0 unspecified atom stereocenters. The van der Waals surface area contributed by atoms with Gasteiger partial charge in [0, 0.05) is 24.2 Å². The van der Waals surface area contributed by atoms with Gasteiger partial charge in [-0.2, -0.15) is 5.26 Å². The lowest BCUT2D eigenvalue weighted by molar-refractivity contribution is -0.116. The van der Waals surface area contributed by atoms with Crippen LogP contribution in [0.5, 0.6) is 0 Å². The van der Waals surface area contributed by atoms with Crippen LogP contribution in [0.3, 0.4) is 0 Å². The van der Waals surface area contributed by atoms with Crippen molar-refractivity contribution < 1.29 is 9.59 Å². The number of anilines is 1. The van der Waals surface area contributed by atoms with E-state index in [0.717, 1.165) is 0 Å². The molecule has 1 heterocycles. The second-order valence-electron chi connectivity index (χ2n) is 5.82. The van der Waals surface area contributed by atoms with Crippen LogP contribution in [0, 0.1) is 11.3 Å². The van der Waals surface area contributed by atoms with Crippen LogP contribution in [0.25, 0.3) is 10.9 Å². The van der Waals surface area contributed by atoms with E-state index < -0.39 is 11.5 Å². The highest BCUT2D eigenvalue weighted by Gasteiger charge is 2.15. The summed E-state index contributed by atoms with van der Waals surface area (Å²) in [6.45, 7) is -0.218. The second-order valence-corrected chi connectivity index (χ2v) is 5.82. The summed E-state index contributed by atoms with van der Waals surface area (Å²) >= 11 is 0. The molecule has 1 aromatic heterocycles. The number of nitrogens with one attached hydrogen (secondary N) is 2. The van der Waals surface area contributed by atoms with E-state index in [1.807, 2.05) is 6.07 Å². The molecule has 2 amide bonds. The lowest BCUT2D eigenvalue weighted by atomic mass is 10.1. The number of carbonyl (C=O) groups excluding carboxylic acids is 2. The predicted molar refractivity (Wildman–Crippen MR) is 101 cm³/mol. The lowest BCUT2D eigenvalue weighted by Gasteiger charge is -2.13. The fourth-order valence-corrected chi connectivity index (χ4v) is 2.83. The zero-order valence-corrected chi connectivity index (χ0v) is 14.5. The van der Waals surface area contributed by atoms with Crippen LogP contribution in [0.2, 0.25) is 0 Å². The molecule has 0 saturated heterocycles. The van der Waals surface area contributed by atoms with Crippen LogP contribution in [-0.4, -0.2) is 23.4 Å². The number of pyridine rings is 1. The molecule has 7 nitrogen and oxygen atoms in total. The number of rotatable bonds is 4. The molecule has 0 fully saturated rings. The second kappa shape index (κ2) is 7.54. The number of benzene rings is 2. The fourth-order valence-electron chi connectivity index (χ4n) is 2.83. The molecule has 7 heteroatoms. The molecule has 0 atom stereocenters. The van der Waals surface area contributed by atoms with Crippen LogP contribution in [-0.2, 0) is 11.3 Å². The van der Waals surface area contributed by atoms with Crippen LogP contribution in [0.1, 0.15) is 15.9 Å². The Hall–Kier alpha value is -3.92. The number of nitriles is 1. The maximum atomic E-state index is 12.5. The summed E-state index contributed by atoms with van der Waals surface area (Å²) in [5, 5.41) is 14.7.